The average Bonchev–Trinajstić information content (AvgIpc) is 2.72. The highest BCUT2D eigenvalue weighted by Crippen LogP contribution is 2.41. The first-order valence-electron chi connectivity index (χ1n) is 8.98. The zero-order valence-corrected chi connectivity index (χ0v) is 17.3. The van der Waals surface area contributed by atoms with Crippen molar-refractivity contribution in [3.05, 3.63) is 88.7 Å². The number of carbonyl (C=O) groups is 2. The van der Waals surface area contributed by atoms with Crippen LogP contribution in [0.5, 0.6) is 0 Å². The Morgan fingerprint density at radius 2 is 1.77 bits per heavy atom. The van der Waals surface area contributed by atoms with Gasteiger partial charge in [-0.25, -0.2) is 17.9 Å². The van der Waals surface area contributed by atoms with Gasteiger partial charge in [-0.2, -0.15) is 0 Å². The molecule has 0 bridgehead atoms. The van der Waals surface area contributed by atoms with Crippen LogP contribution in [0.3, 0.4) is 0 Å². The Morgan fingerprint density at radius 1 is 1.06 bits per heavy atom. The van der Waals surface area contributed by atoms with E-state index in [1.807, 2.05) is 0 Å². The molecule has 3 aromatic carbocycles. The van der Waals surface area contributed by atoms with Crippen molar-refractivity contribution < 1.29 is 22.4 Å². The van der Waals surface area contributed by atoms with Crippen LogP contribution < -0.4 is 15.4 Å². The molecule has 1 atom stereocenters. The summed E-state index contributed by atoms with van der Waals surface area (Å²) in [6, 6.07) is 14.8. The van der Waals surface area contributed by atoms with E-state index in [0.717, 1.165) is 17.0 Å². The smallest absolute Gasteiger partial charge is 0.263 e. The Kier molecular flexibility index (Phi) is 5.26. The fourth-order valence-corrected chi connectivity index (χ4v) is 4.23. The molecule has 0 saturated heterocycles. The Morgan fingerprint density at radius 3 is 2.42 bits per heavy atom. The van der Waals surface area contributed by atoms with Gasteiger partial charge in [0.05, 0.1) is 26.9 Å². The largest absolute Gasteiger partial charge is 0.322 e. The number of nitrogens with one attached hydrogen (secondary N) is 1. The SMILES string of the molecule is NS(=O)(=O)c1ccc2c(c1)NC(=O)C(c1ccccc1)N2C(=O)c1c(F)cccc1Cl. The van der Waals surface area contributed by atoms with E-state index in [2.05, 4.69) is 5.32 Å². The van der Waals surface area contributed by atoms with Crippen LogP contribution in [-0.2, 0) is 14.8 Å². The van der Waals surface area contributed by atoms with Crippen molar-refractivity contribution in [2.24, 2.45) is 5.14 Å². The number of nitrogens with two attached hydrogens (primary N) is 1. The van der Waals surface area contributed by atoms with Gasteiger partial charge in [-0.3, -0.25) is 14.5 Å². The van der Waals surface area contributed by atoms with E-state index >= 15 is 0 Å². The first-order valence-corrected chi connectivity index (χ1v) is 10.9. The fraction of sp³-hybridized carbons (Fsp3) is 0.0476. The van der Waals surface area contributed by atoms with Crippen molar-refractivity contribution in [1.29, 1.82) is 0 Å². The van der Waals surface area contributed by atoms with Gasteiger partial charge in [0.25, 0.3) is 11.8 Å². The van der Waals surface area contributed by atoms with Gasteiger partial charge in [-0.1, -0.05) is 48.0 Å². The molecule has 31 heavy (non-hydrogen) atoms. The predicted octanol–water partition coefficient (Wildman–Crippen LogP) is 3.47. The Bertz CT molecular complexity index is 1300. The molecule has 1 aliphatic rings. The summed E-state index contributed by atoms with van der Waals surface area (Å²) < 4.78 is 38.0. The van der Waals surface area contributed by atoms with Crippen molar-refractivity contribution in [3.8, 4) is 0 Å². The van der Waals surface area contributed by atoms with Crippen LogP contribution in [0.25, 0.3) is 0 Å². The number of rotatable bonds is 3. The molecule has 0 radical (unpaired) electrons. The van der Waals surface area contributed by atoms with Crippen molar-refractivity contribution in [2.45, 2.75) is 10.9 Å². The summed E-state index contributed by atoms with van der Waals surface area (Å²) in [5.41, 5.74) is 0.290. The van der Waals surface area contributed by atoms with Crippen LogP contribution in [0.1, 0.15) is 22.0 Å². The lowest BCUT2D eigenvalue weighted by atomic mass is 9.98. The standard InChI is InChI=1S/C21H15ClFN3O4S/c22-14-7-4-8-15(23)18(14)21(28)26-17-10-9-13(31(24,29)30)11-16(17)25-20(27)19(26)12-5-2-1-3-6-12/h1-11,19H,(H,25,27)(H2,24,29,30). The molecule has 3 N–H and O–H groups in total. The topological polar surface area (TPSA) is 110 Å². The maximum atomic E-state index is 14.6. The molecule has 158 valence electrons. The van der Waals surface area contributed by atoms with E-state index < -0.39 is 39.3 Å². The van der Waals surface area contributed by atoms with Crippen molar-refractivity contribution in [1.82, 2.24) is 0 Å². The Balaban J connectivity index is 1.95. The number of fused-ring (bicyclic) bond motifs is 1. The van der Waals surface area contributed by atoms with Crippen molar-refractivity contribution >= 4 is 44.8 Å². The number of amides is 2. The van der Waals surface area contributed by atoms with E-state index in [-0.39, 0.29) is 21.3 Å². The molecule has 1 heterocycles. The third-order valence-corrected chi connectivity index (χ3v) is 6.06. The molecular formula is C21H15ClFN3O4S. The summed E-state index contributed by atoms with van der Waals surface area (Å²) in [5.74, 6) is -2.31. The van der Waals surface area contributed by atoms with Crippen LogP contribution in [0.4, 0.5) is 15.8 Å². The fourth-order valence-electron chi connectivity index (χ4n) is 3.44. The first-order chi connectivity index (χ1) is 14.7. The van der Waals surface area contributed by atoms with Crippen LogP contribution in [0, 0.1) is 5.82 Å². The number of benzene rings is 3. The van der Waals surface area contributed by atoms with Crippen LogP contribution in [0.15, 0.2) is 71.6 Å². The zero-order valence-electron chi connectivity index (χ0n) is 15.7. The summed E-state index contributed by atoms with van der Waals surface area (Å²) in [6.07, 6.45) is 0. The molecule has 0 aromatic heterocycles. The highest BCUT2D eigenvalue weighted by molar-refractivity contribution is 7.89. The van der Waals surface area contributed by atoms with Gasteiger partial charge in [-0.15, -0.1) is 0 Å². The zero-order chi connectivity index (χ0) is 22.3. The minimum Gasteiger partial charge on any atom is -0.322 e. The number of halogens is 2. The number of sulfonamides is 1. The molecule has 2 amide bonds. The molecule has 3 aromatic rings. The molecular weight excluding hydrogens is 445 g/mol. The minimum absolute atomic E-state index is 0.0458. The highest BCUT2D eigenvalue weighted by atomic mass is 35.5. The minimum atomic E-state index is -4.06. The molecule has 0 fully saturated rings. The summed E-state index contributed by atoms with van der Waals surface area (Å²) in [7, 11) is -4.06. The number of hydrogen-bond donors (Lipinski definition) is 2. The number of carbonyl (C=O) groups excluding carboxylic acids is 2. The maximum absolute atomic E-state index is 14.6. The quantitative estimate of drug-likeness (QED) is 0.624. The van der Waals surface area contributed by atoms with E-state index in [0.29, 0.717) is 5.56 Å². The van der Waals surface area contributed by atoms with Gasteiger partial charge in [0.1, 0.15) is 11.9 Å². The van der Waals surface area contributed by atoms with Crippen LogP contribution in [0.2, 0.25) is 5.02 Å². The van der Waals surface area contributed by atoms with Crippen molar-refractivity contribution in [2.75, 3.05) is 10.2 Å². The Labute approximate surface area is 182 Å². The second-order valence-corrected chi connectivity index (χ2v) is 8.77. The van der Waals surface area contributed by atoms with E-state index in [1.165, 1.54) is 24.3 Å². The van der Waals surface area contributed by atoms with Gasteiger partial charge >= 0.3 is 0 Å². The molecule has 10 heteroatoms. The number of primary sulfonamides is 1. The molecule has 1 aliphatic heterocycles. The predicted molar refractivity (Wildman–Crippen MR) is 114 cm³/mol. The third-order valence-electron chi connectivity index (χ3n) is 4.83. The molecule has 0 aliphatic carbocycles. The molecule has 0 saturated carbocycles. The first kappa shape index (κ1) is 21.0. The second-order valence-electron chi connectivity index (χ2n) is 6.80. The average molecular weight is 460 g/mol. The summed E-state index contributed by atoms with van der Waals surface area (Å²) in [4.78, 5) is 27.4. The number of anilines is 2. The van der Waals surface area contributed by atoms with Gasteiger partial charge in [-0.05, 0) is 35.9 Å². The normalized spacial score (nSPS) is 15.9. The summed E-state index contributed by atoms with van der Waals surface area (Å²) in [6.45, 7) is 0. The lowest BCUT2D eigenvalue weighted by Crippen LogP contribution is -2.45. The second kappa shape index (κ2) is 7.77. The maximum Gasteiger partial charge on any atom is 0.263 e. The molecule has 0 spiro atoms. The Hall–Kier alpha value is -3.27. The summed E-state index contributed by atoms with van der Waals surface area (Å²) >= 11 is 6.10. The summed E-state index contributed by atoms with van der Waals surface area (Å²) in [5, 5.41) is 7.67. The third kappa shape index (κ3) is 3.78. The van der Waals surface area contributed by atoms with E-state index in [1.54, 1.807) is 30.3 Å². The van der Waals surface area contributed by atoms with Gasteiger partial charge < -0.3 is 5.32 Å². The lowest BCUT2D eigenvalue weighted by Gasteiger charge is -2.37. The van der Waals surface area contributed by atoms with Gasteiger partial charge in [0.15, 0.2) is 0 Å². The molecule has 1 unspecified atom stereocenters. The molecule has 7 nitrogen and oxygen atoms in total. The lowest BCUT2D eigenvalue weighted by molar-refractivity contribution is -0.117. The van der Waals surface area contributed by atoms with E-state index in [9.17, 15) is 22.4 Å². The monoisotopic (exact) mass is 459 g/mol. The van der Waals surface area contributed by atoms with Gasteiger partial charge in [0.2, 0.25) is 10.0 Å². The highest BCUT2D eigenvalue weighted by Gasteiger charge is 2.40. The van der Waals surface area contributed by atoms with Crippen molar-refractivity contribution in [3.63, 3.8) is 0 Å². The van der Waals surface area contributed by atoms with Gasteiger partial charge in [0, 0.05) is 0 Å². The number of nitrogens with zero attached hydrogens (tertiary/aromatic N) is 1. The number of hydrogen-bond acceptors (Lipinski definition) is 4. The van der Waals surface area contributed by atoms with Crippen LogP contribution >= 0.6 is 11.6 Å². The molecule has 4 rings (SSSR count). The van der Waals surface area contributed by atoms with Crippen LogP contribution in [-0.4, -0.2) is 20.2 Å². The van der Waals surface area contributed by atoms with E-state index in [4.69, 9.17) is 16.7 Å².